The summed E-state index contributed by atoms with van der Waals surface area (Å²) in [6, 6.07) is 13.4. The monoisotopic (exact) mass is 362 g/mol. The van der Waals surface area contributed by atoms with Gasteiger partial charge in [0.1, 0.15) is 5.75 Å². The molecule has 1 amide bonds. The van der Waals surface area contributed by atoms with Crippen LogP contribution in [-0.4, -0.2) is 27.5 Å². The first-order valence-corrected chi connectivity index (χ1v) is 9.48. The molecule has 0 spiro atoms. The second kappa shape index (κ2) is 8.64. The van der Waals surface area contributed by atoms with Crippen LogP contribution < -0.4 is 14.8 Å². The molecule has 7 heteroatoms. The average Bonchev–Trinajstić information content (AvgIpc) is 2.59. The summed E-state index contributed by atoms with van der Waals surface area (Å²) in [6.07, 6.45) is 0.717. The quantitative estimate of drug-likeness (QED) is 0.756. The molecular formula is C18H22N2O4S. The number of sulfonamides is 1. The van der Waals surface area contributed by atoms with Crippen molar-refractivity contribution in [1.29, 1.82) is 0 Å². The summed E-state index contributed by atoms with van der Waals surface area (Å²) < 4.78 is 31.9. The van der Waals surface area contributed by atoms with Gasteiger partial charge in [0.15, 0.2) is 6.61 Å². The van der Waals surface area contributed by atoms with E-state index < -0.39 is 10.0 Å². The first-order valence-electron chi connectivity index (χ1n) is 8.00. The van der Waals surface area contributed by atoms with Gasteiger partial charge in [-0.25, -0.2) is 13.1 Å². The molecule has 6 nitrogen and oxygen atoms in total. The van der Waals surface area contributed by atoms with Crippen LogP contribution in [-0.2, 0) is 14.8 Å². The maximum Gasteiger partial charge on any atom is 0.262 e. The lowest BCUT2D eigenvalue weighted by Gasteiger charge is -2.09. The second-order valence-electron chi connectivity index (χ2n) is 5.58. The standard InChI is InChI=1S/C18H22N2O4S/c1-3-11-19-25(22,23)17-9-7-15(8-10-17)20-18(21)13-24-16-6-4-5-14(2)12-16/h4-10,12,19H,3,11,13H2,1-2H3,(H,20,21). The van der Waals surface area contributed by atoms with Gasteiger partial charge >= 0.3 is 0 Å². The van der Waals surface area contributed by atoms with E-state index in [9.17, 15) is 13.2 Å². The van der Waals surface area contributed by atoms with Gasteiger partial charge in [0.2, 0.25) is 10.0 Å². The minimum Gasteiger partial charge on any atom is -0.484 e. The van der Waals surface area contributed by atoms with E-state index in [0.717, 1.165) is 5.56 Å². The molecule has 0 aliphatic rings. The molecule has 2 rings (SSSR count). The van der Waals surface area contributed by atoms with E-state index in [-0.39, 0.29) is 17.4 Å². The molecule has 0 saturated heterocycles. The smallest absolute Gasteiger partial charge is 0.262 e. The first kappa shape index (κ1) is 19.0. The summed E-state index contributed by atoms with van der Waals surface area (Å²) in [5.74, 6) is 0.305. The van der Waals surface area contributed by atoms with Gasteiger partial charge in [-0.1, -0.05) is 19.1 Å². The number of carbonyl (C=O) groups is 1. The van der Waals surface area contributed by atoms with Crippen molar-refractivity contribution >= 4 is 21.6 Å². The molecule has 134 valence electrons. The molecule has 0 bridgehead atoms. The van der Waals surface area contributed by atoms with E-state index in [2.05, 4.69) is 10.0 Å². The summed E-state index contributed by atoms with van der Waals surface area (Å²) in [7, 11) is -3.51. The molecule has 0 aliphatic carbocycles. The van der Waals surface area contributed by atoms with Crippen molar-refractivity contribution in [3.8, 4) is 5.75 Å². The number of anilines is 1. The number of hydrogen-bond donors (Lipinski definition) is 2. The maximum atomic E-state index is 12.0. The van der Waals surface area contributed by atoms with Crippen LogP contribution in [0.5, 0.6) is 5.75 Å². The van der Waals surface area contributed by atoms with E-state index in [4.69, 9.17) is 4.74 Å². The SMILES string of the molecule is CCCNS(=O)(=O)c1ccc(NC(=O)COc2cccc(C)c2)cc1. The number of hydrogen-bond acceptors (Lipinski definition) is 4. The number of carbonyl (C=O) groups excluding carboxylic acids is 1. The van der Waals surface area contributed by atoms with E-state index in [1.54, 1.807) is 18.2 Å². The molecule has 0 fully saturated rings. The van der Waals surface area contributed by atoms with E-state index >= 15 is 0 Å². The average molecular weight is 362 g/mol. The zero-order valence-corrected chi connectivity index (χ0v) is 15.1. The number of amides is 1. The van der Waals surface area contributed by atoms with Gasteiger partial charge in [-0.3, -0.25) is 4.79 Å². The van der Waals surface area contributed by atoms with Crippen LogP contribution >= 0.6 is 0 Å². The fourth-order valence-corrected chi connectivity index (χ4v) is 3.22. The normalized spacial score (nSPS) is 11.1. The Morgan fingerprint density at radius 2 is 1.84 bits per heavy atom. The van der Waals surface area contributed by atoms with Gasteiger partial charge in [0.05, 0.1) is 4.90 Å². The van der Waals surface area contributed by atoms with Crippen molar-refractivity contribution in [2.45, 2.75) is 25.2 Å². The molecule has 0 heterocycles. The summed E-state index contributed by atoms with van der Waals surface area (Å²) in [4.78, 5) is 12.1. The lowest BCUT2D eigenvalue weighted by atomic mass is 10.2. The van der Waals surface area contributed by atoms with Gasteiger partial charge in [-0.2, -0.15) is 0 Å². The highest BCUT2D eigenvalue weighted by Gasteiger charge is 2.13. The molecule has 0 aliphatic heterocycles. The largest absolute Gasteiger partial charge is 0.484 e. The number of ether oxygens (including phenoxy) is 1. The van der Waals surface area contributed by atoms with E-state index in [1.165, 1.54) is 12.1 Å². The Hall–Kier alpha value is -2.38. The van der Waals surface area contributed by atoms with Crippen molar-refractivity contribution in [3.63, 3.8) is 0 Å². The van der Waals surface area contributed by atoms with Crippen molar-refractivity contribution in [2.24, 2.45) is 0 Å². The molecule has 2 aromatic rings. The molecule has 0 atom stereocenters. The molecule has 0 saturated carbocycles. The van der Waals surface area contributed by atoms with E-state index in [0.29, 0.717) is 24.4 Å². The zero-order valence-electron chi connectivity index (χ0n) is 14.3. The lowest BCUT2D eigenvalue weighted by molar-refractivity contribution is -0.118. The van der Waals surface area contributed by atoms with Crippen LogP contribution in [0.2, 0.25) is 0 Å². The second-order valence-corrected chi connectivity index (χ2v) is 7.34. The highest BCUT2D eigenvalue weighted by atomic mass is 32.2. The van der Waals surface area contributed by atoms with Crippen molar-refractivity contribution in [3.05, 3.63) is 54.1 Å². The molecular weight excluding hydrogens is 340 g/mol. The molecule has 0 radical (unpaired) electrons. The summed E-state index contributed by atoms with van der Waals surface area (Å²) in [6.45, 7) is 4.09. The zero-order chi connectivity index (χ0) is 18.3. The Kier molecular flexibility index (Phi) is 6.55. The summed E-state index contributed by atoms with van der Waals surface area (Å²) in [5, 5.41) is 2.67. The van der Waals surface area contributed by atoms with Gasteiger partial charge < -0.3 is 10.1 Å². The molecule has 0 unspecified atom stereocenters. The predicted molar refractivity (Wildman–Crippen MR) is 97.2 cm³/mol. The number of rotatable bonds is 8. The Bertz CT molecular complexity index is 817. The van der Waals surface area contributed by atoms with Gasteiger partial charge in [-0.15, -0.1) is 0 Å². The Labute approximate surface area is 148 Å². The van der Waals surface area contributed by atoms with Crippen LogP contribution in [0, 0.1) is 6.92 Å². The highest BCUT2D eigenvalue weighted by Crippen LogP contribution is 2.15. The fraction of sp³-hybridized carbons (Fsp3) is 0.278. The fourth-order valence-electron chi connectivity index (χ4n) is 2.09. The topological polar surface area (TPSA) is 84.5 Å². The number of nitrogens with one attached hydrogen (secondary N) is 2. The van der Waals surface area contributed by atoms with Crippen LogP contribution in [0.1, 0.15) is 18.9 Å². The van der Waals surface area contributed by atoms with Crippen LogP contribution in [0.25, 0.3) is 0 Å². The van der Waals surface area contributed by atoms with Gasteiger partial charge in [0, 0.05) is 12.2 Å². The third-order valence-corrected chi connectivity index (χ3v) is 4.83. The lowest BCUT2D eigenvalue weighted by Crippen LogP contribution is -2.24. The Balaban J connectivity index is 1.91. The van der Waals surface area contributed by atoms with Gasteiger partial charge in [0.25, 0.3) is 5.91 Å². The molecule has 2 N–H and O–H groups in total. The van der Waals surface area contributed by atoms with E-state index in [1.807, 2.05) is 32.0 Å². The number of benzene rings is 2. The predicted octanol–water partition coefficient (Wildman–Crippen LogP) is 2.70. The van der Waals surface area contributed by atoms with Crippen molar-refractivity contribution in [1.82, 2.24) is 4.72 Å². The third-order valence-electron chi connectivity index (χ3n) is 3.35. The maximum absolute atomic E-state index is 12.0. The highest BCUT2D eigenvalue weighted by molar-refractivity contribution is 7.89. The Morgan fingerprint density at radius 1 is 1.12 bits per heavy atom. The van der Waals surface area contributed by atoms with Crippen molar-refractivity contribution in [2.75, 3.05) is 18.5 Å². The summed E-state index contributed by atoms with van der Waals surface area (Å²) >= 11 is 0. The molecule has 25 heavy (non-hydrogen) atoms. The minimum absolute atomic E-state index is 0.123. The molecule has 0 aromatic heterocycles. The molecule has 2 aromatic carbocycles. The van der Waals surface area contributed by atoms with Crippen LogP contribution in [0.3, 0.4) is 0 Å². The van der Waals surface area contributed by atoms with Crippen molar-refractivity contribution < 1.29 is 17.9 Å². The summed E-state index contributed by atoms with van der Waals surface area (Å²) in [5.41, 5.74) is 1.55. The Morgan fingerprint density at radius 3 is 2.48 bits per heavy atom. The minimum atomic E-state index is -3.51. The first-order chi connectivity index (χ1) is 11.9. The third kappa shape index (κ3) is 5.88. The van der Waals surface area contributed by atoms with Crippen LogP contribution in [0.4, 0.5) is 5.69 Å². The van der Waals surface area contributed by atoms with Crippen LogP contribution in [0.15, 0.2) is 53.4 Å². The number of aryl methyl sites for hydroxylation is 1. The van der Waals surface area contributed by atoms with Gasteiger partial charge in [-0.05, 0) is 55.3 Å².